The summed E-state index contributed by atoms with van der Waals surface area (Å²) in [6.45, 7) is 15.8. The van der Waals surface area contributed by atoms with Crippen LogP contribution in [0.5, 0.6) is 0 Å². The van der Waals surface area contributed by atoms with Crippen LogP contribution in [0, 0.1) is 24.7 Å². The maximum atomic E-state index is 15.0. The van der Waals surface area contributed by atoms with Gasteiger partial charge in [-0.3, -0.25) is 14.4 Å². The average Bonchev–Trinajstić information content (AvgIpc) is 3.56. The van der Waals surface area contributed by atoms with Crippen LogP contribution in [0.2, 0.25) is 5.02 Å². The van der Waals surface area contributed by atoms with E-state index in [1.54, 1.807) is 44.7 Å². The van der Waals surface area contributed by atoms with E-state index < -0.39 is 33.4 Å². The molecule has 3 aliphatic rings. The molecule has 0 aliphatic carbocycles. The number of nitrogens with zero attached hydrogens (tertiary/aromatic N) is 3. The van der Waals surface area contributed by atoms with Crippen LogP contribution in [0.1, 0.15) is 39.2 Å². The number of aliphatic hydroxyl groups excluding tert-OH is 1. The number of benzene rings is 2. The van der Waals surface area contributed by atoms with Gasteiger partial charge in [-0.2, -0.15) is 0 Å². The van der Waals surface area contributed by atoms with Crippen molar-refractivity contribution in [3.63, 3.8) is 0 Å². The van der Waals surface area contributed by atoms with E-state index in [0.717, 1.165) is 11.3 Å². The highest BCUT2D eigenvalue weighted by atomic mass is 35.5. The van der Waals surface area contributed by atoms with Crippen LogP contribution in [-0.2, 0) is 14.4 Å². The Morgan fingerprint density at radius 3 is 2.32 bits per heavy atom. The van der Waals surface area contributed by atoms with E-state index in [0.29, 0.717) is 30.1 Å². The summed E-state index contributed by atoms with van der Waals surface area (Å²) in [4.78, 5) is 49.4. The third-order valence-corrected chi connectivity index (χ3v) is 12.0. The van der Waals surface area contributed by atoms with Crippen LogP contribution in [0.15, 0.2) is 73.8 Å². The van der Waals surface area contributed by atoms with E-state index in [2.05, 4.69) is 20.1 Å². The zero-order chi connectivity index (χ0) is 32.0. The van der Waals surface area contributed by atoms with Crippen molar-refractivity contribution in [2.45, 2.75) is 62.1 Å². The van der Waals surface area contributed by atoms with Crippen molar-refractivity contribution in [3.8, 4) is 0 Å². The molecule has 9 heteroatoms. The Kier molecular flexibility index (Phi) is 9.09. The molecule has 2 bridgehead atoms. The Morgan fingerprint density at radius 2 is 1.73 bits per heavy atom. The smallest absolute Gasteiger partial charge is 0.251 e. The van der Waals surface area contributed by atoms with E-state index in [-0.39, 0.29) is 36.8 Å². The predicted octanol–water partition coefficient (Wildman–Crippen LogP) is 5.88. The van der Waals surface area contributed by atoms with Gasteiger partial charge in [0.15, 0.2) is 0 Å². The molecule has 3 heterocycles. The third-order valence-electron chi connectivity index (χ3n) is 9.71. The molecule has 3 fully saturated rings. The highest BCUT2D eigenvalue weighted by Crippen LogP contribution is 2.72. The number of halogens is 1. The van der Waals surface area contributed by atoms with Crippen LogP contribution in [-0.4, -0.2) is 69.0 Å². The summed E-state index contributed by atoms with van der Waals surface area (Å²) >= 11 is 8.32. The number of likely N-dealkylation sites (tertiary alicyclic amines) is 1. The molecule has 6 atom stereocenters. The number of hydrogen-bond acceptors (Lipinski definition) is 5. The lowest BCUT2D eigenvalue weighted by molar-refractivity contribution is -0.143. The minimum atomic E-state index is -0.899. The fourth-order valence-corrected chi connectivity index (χ4v) is 10.4. The Morgan fingerprint density at radius 1 is 1.07 bits per heavy atom. The van der Waals surface area contributed by atoms with E-state index in [1.165, 1.54) is 0 Å². The normalized spacial score (nSPS) is 27.8. The Hall–Kier alpha value is -3.07. The van der Waals surface area contributed by atoms with Gasteiger partial charge in [0.1, 0.15) is 6.04 Å². The number of aryl methyl sites for hydroxylation is 1. The monoisotopic (exact) mass is 635 g/mol. The number of fused-ring (bicyclic) bond motifs is 1. The van der Waals surface area contributed by atoms with Crippen molar-refractivity contribution >= 4 is 52.5 Å². The van der Waals surface area contributed by atoms with E-state index in [1.807, 2.05) is 63.2 Å². The molecular formula is C35H42ClN3O4S. The average molecular weight is 636 g/mol. The molecule has 2 aromatic carbocycles. The van der Waals surface area contributed by atoms with Gasteiger partial charge >= 0.3 is 0 Å². The van der Waals surface area contributed by atoms with Crippen LogP contribution < -0.4 is 9.80 Å². The van der Waals surface area contributed by atoms with Crippen LogP contribution in [0.25, 0.3) is 0 Å². The van der Waals surface area contributed by atoms with Gasteiger partial charge in [0.05, 0.1) is 39.9 Å². The molecular weight excluding hydrogens is 594 g/mol. The summed E-state index contributed by atoms with van der Waals surface area (Å²) < 4.78 is -1.40. The van der Waals surface area contributed by atoms with Crippen LogP contribution in [0.3, 0.4) is 0 Å². The van der Waals surface area contributed by atoms with Gasteiger partial charge in [0.2, 0.25) is 11.8 Å². The lowest BCUT2D eigenvalue weighted by atomic mass is 9.66. The predicted molar refractivity (Wildman–Crippen MR) is 179 cm³/mol. The number of hydrogen-bond donors (Lipinski definition) is 1. The van der Waals surface area contributed by atoms with Crippen molar-refractivity contribution in [1.82, 2.24) is 4.90 Å². The summed E-state index contributed by atoms with van der Waals surface area (Å²) in [5, 5.41) is 11.1. The molecule has 0 saturated carbocycles. The lowest BCUT2D eigenvalue weighted by Gasteiger charge is -2.41. The quantitative estimate of drug-likeness (QED) is 0.312. The molecule has 0 radical (unpaired) electrons. The Labute approximate surface area is 269 Å². The SMILES string of the molecule is C=CCN(C(=O)[C@@H]1[C@H]2C(=O)N([C@@H](CO)C(C)C)C(C(=O)N(CC=C)c3c(C)cccc3Cl)C23CC[C@@]1(C)S3)c1ccccc1. The summed E-state index contributed by atoms with van der Waals surface area (Å²) in [6.07, 6.45) is 4.64. The van der Waals surface area contributed by atoms with Crippen molar-refractivity contribution in [3.05, 3.63) is 84.4 Å². The molecule has 44 heavy (non-hydrogen) atoms. The molecule has 1 spiro atoms. The molecule has 3 amide bonds. The number of anilines is 2. The largest absolute Gasteiger partial charge is 0.394 e. The van der Waals surface area contributed by atoms with Crippen molar-refractivity contribution in [2.75, 3.05) is 29.5 Å². The molecule has 2 aromatic rings. The lowest BCUT2D eigenvalue weighted by Crippen LogP contribution is -2.58. The zero-order valence-corrected chi connectivity index (χ0v) is 27.5. The maximum Gasteiger partial charge on any atom is 0.251 e. The van der Waals surface area contributed by atoms with E-state index in [4.69, 9.17) is 11.6 Å². The number of aliphatic hydroxyl groups is 1. The standard InChI is InChI=1S/C35H42ClN3O4S/c1-7-19-37(24-14-10-9-11-15-24)31(41)27-28-32(42)39(26(21-40)22(3)4)30(35(28)18-17-34(27,6)44-35)33(43)38(20-8-2)29-23(5)13-12-16-25(29)36/h7-16,22,26-28,30,40H,1-2,17-21H2,3-6H3/t26-,27-,28-,30?,34+,35?/m0/s1. The number of carbonyl (C=O) groups is 3. The zero-order valence-electron chi connectivity index (χ0n) is 25.9. The second kappa shape index (κ2) is 12.4. The van der Waals surface area contributed by atoms with Crippen molar-refractivity contribution in [1.29, 1.82) is 0 Å². The number of carbonyl (C=O) groups excluding carboxylic acids is 3. The summed E-state index contributed by atoms with van der Waals surface area (Å²) in [5.41, 5.74) is 2.14. The number of thioether (sulfide) groups is 1. The third kappa shape index (κ3) is 4.99. The minimum absolute atomic E-state index is 0.127. The highest BCUT2D eigenvalue weighted by Gasteiger charge is 2.78. The Bertz CT molecular complexity index is 1450. The minimum Gasteiger partial charge on any atom is -0.394 e. The van der Waals surface area contributed by atoms with Gasteiger partial charge in [-0.15, -0.1) is 24.9 Å². The molecule has 5 rings (SSSR count). The number of para-hydroxylation sites is 2. The summed E-state index contributed by atoms with van der Waals surface area (Å²) in [6, 6.07) is 13.4. The fraction of sp³-hybridized carbons (Fsp3) is 0.457. The van der Waals surface area contributed by atoms with Gasteiger partial charge in [-0.1, -0.05) is 67.9 Å². The number of amides is 3. The first kappa shape index (κ1) is 32.3. The van der Waals surface area contributed by atoms with Gasteiger partial charge in [0.25, 0.3) is 5.91 Å². The fourth-order valence-electron chi connectivity index (χ4n) is 7.76. The van der Waals surface area contributed by atoms with Gasteiger partial charge in [-0.05, 0) is 56.4 Å². The molecule has 3 saturated heterocycles. The van der Waals surface area contributed by atoms with Crippen molar-refractivity contribution in [2.24, 2.45) is 17.8 Å². The molecule has 1 N–H and O–H groups in total. The summed E-state index contributed by atoms with van der Waals surface area (Å²) in [5.74, 6) is -2.17. The van der Waals surface area contributed by atoms with E-state index in [9.17, 15) is 14.7 Å². The maximum absolute atomic E-state index is 15.0. The second-order valence-electron chi connectivity index (χ2n) is 12.7. The van der Waals surface area contributed by atoms with Gasteiger partial charge < -0.3 is 19.8 Å². The Balaban J connectivity index is 1.67. The molecule has 234 valence electrons. The van der Waals surface area contributed by atoms with Crippen LogP contribution in [0.4, 0.5) is 11.4 Å². The van der Waals surface area contributed by atoms with Gasteiger partial charge in [-0.25, -0.2) is 0 Å². The summed E-state index contributed by atoms with van der Waals surface area (Å²) in [7, 11) is 0. The first-order valence-electron chi connectivity index (χ1n) is 15.2. The molecule has 3 aliphatic heterocycles. The molecule has 7 nitrogen and oxygen atoms in total. The van der Waals surface area contributed by atoms with E-state index >= 15 is 4.79 Å². The topological polar surface area (TPSA) is 81.2 Å². The molecule has 0 aromatic heterocycles. The van der Waals surface area contributed by atoms with Gasteiger partial charge in [0, 0.05) is 23.5 Å². The van der Waals surface area contributed by atoms with Crippen LogP contribution >= 0.6 is 23.4 Å². The first-order chi connectivity index (χ1) is 21.0. The number of rotatable bonds is 11. The first-order valence-corrected chi connectivity index (χ1v) is 16.4. The van der Waals surface area contributed by atoms with Crippen molar-refractivity contribution < 1.29 is 19.5 Å². The second-order valence-corrected chi connectivity index (χ2v) is 15.0. The highest BCUT2D eigenvalue weighted by molar-refractivity contribution is 8.02. The molecule has 2 unspecified atom stereocenters.